The van der Waals surface area contributed by atoms with Crippen LogP contribution in [-0.4, -0.2) is 55.5 Å². The number of piperazine rings is 1. The summed E-state index contributed by atoms with van der Waals surface area (Å²) in [7, 11) is -1.26. The van der Waals surface area contributed by atoms with Gasteiger partial charge in [-0.2, -0.15) is 4.31 Å². The zero-order valence-electron chi connectivity index (χ0n) is 12.7. The zero-order chi connectivity index (χ0) is 15.5. The van der Waals surface area contributed by atoms with E-state index >= 15 is 0 Å². The molecule has 1 aromatic carbocycles. The lowest BCUT2D eigenvalue weighted by Gasteiger charge is -2.38. The summed E-state index contributed by atoms with van der Waals surface area (Å²) in [6, 6.07) is 7.42. The van der Waals surface area contributed by atoms with Gasteiger partial charge in [0.2, 0.25) is 10.0 Å². The number of hydrogen-bond acceptors (Lipinski definition) is 4. The molecule has 1 unspecified atom stereocenters. The van der Waals surface area contributed by atoms with Gasteiger partial charge in [-0.3, -0.25) is 0 Å². The van der Waals surface area contributed by atoms with Crippen LogP contribution in [0.25, 0.3) is 0 Å². The standard InChI is InChI=1S/C15H24N2O3S/c1-3-15-10-17(8-7-16(15)2)21(19,20)12-14-6-4-5-13(9-14)11-18/h4-6,9,15,18H,3,7-8,10-12H2,1-2H3. The number of benzene rings is 1. The van der Waals surface area contributed by atoms with Crippen LogP contribution in [0.5, 0.6) is 0 Å². The molecule has 118 valence electrons. The maximum Gasteiger partial charge on any atom is 0.218 e. The highest BCUT2D eigenvalue weighted by Gasteiger charge is 2.30. The molecule has 0 radical (unpaired) electrons. The molecular weight excluding hydrogens is 288 g/mol. The van der Waals surface area contributed by atoms with E-state index in [-0.39, 0.29) is 18.4 Å². The van der Waals surface area contributed by atoms with Crippen LogP contribution in [0.3, 0.4) is 0 Å². The minimum atomic E-state index is -3.30. The van der Waals surface area contributed by atoms with Crippen LogP contribution >= 0.6 is 0 Å². The minimum Gasteiger partial charge on any atom is -0.392 e. The molecule has 0 saturated carbocycles. The van der Waals surface area contributed by atoms with Crippen LogP contribution in [0.15, 0.2) is 24.3 Å². The Labute approximate surface area is 127 Å². The summed E-state index contributed by atoms with van der Waals surface area (Å²) in [5.41, 5.74) is 1.47. The topological polar surface area (TPSA) is 60.9 Å². The first-order chi connectivity index (χ1) is 9.96. The number of likely N-dealkylation sites (N-methyl/N-ethyl adjacent to an activating group) is 1. The summed E-state index contributed by atoms with van der Waals surface area (Å²) >= 11 is 0. The first-order valence-electron chi connectivity index (χ1n) is 7.33. The fourth-order valence-corrected chi connectivity index (χ4v) is 4.27. The lowest BCUT2D eigenvalue weighted by molar-refractivity contribution is 0.144. The maximum absolute atomic E-state index is 12.6. The van der Waals surface area contributed by atoms with Crippen LogP contribution in [0.4, 0.5) is 0 Å². The van der Waals surface area contributed by atoms with Crippen molar-refractivity contribution in [1.82, 2.24) is 9.21 Å². The Kier molecular flexibility index (Phi) is 5.37. The Morgan fingerprint density at radius 3 is 2.67 bits per heavy atom. The third-order valence-electron chi connectivity index (χ3n) is 4.13. The molecule has 21 heavy (non-hydrogen) atoms. The Balaban J connectivity index is 2.11. The first-order valence-corrected chi connectivity index (χ1v) is 8.94. The molecular formula is C15H24N2O3S. The smallest absolute Gasteiger partial charge is 0.218 e. The molecule has 1 fully saturated rings. The van der Waals surface area contributed by atoms with Crippen LogP contribution in [0.1, 0.15) is 24.5 Å². The molecule has 0 aromatic heterocycles. The van der Waals surface area contributed by atoms with Crippen molar-refractivity contribution in [2.75, 3.05) is 26.7 Å². The van der Waals surface area contributed by atoms with E-state index in [1.807, 2.05) is 7.05 Å². The summed E-state index contributed by atoms with van der Waals surface area (Å²) in [5.74, 6) is 0.000981. The number of hydrogen-bond donors (Lipinski definition) is 1. The Morgan fingerprint density at radius 1 is 1.29 bits per heavy atom. The van der Waals surface area contributed by atoms with E-state index in [1.165, 1.54) is 0 Å². The summed E-state index contributed by atoms with van der Waals surface area (Å²) < 4.78 is 26.7. The van der Waals surface area contributed by atoms with Crippen molar-refractivity contribution in [3.8, 4) is 0 Å². The van der Waals surface area contributed by atoms with Crippen molar-refractivity contribution in [3.05, 3.63) is 35.4 Å². The van der Waals surface area contributed by atoms with Gasteiger partial charge in [-0.25, -0.2) is 8.42 Å². The minimum absolute atomic E-state index is 0.000981. The van der Waals surface area contributed by atoms with Crippen molar-refractivity contribution in [3.63, 3.8) is 0 Å². The lowest BCUT2D eigenvalue weighted by atomic mass is 10.1. The summed E-state index contributed by atoms with van der Waals surface area (Å²) in [6.07, 6.45) is 0.947. The van der Waals surface area contributed by atoms with E-state index in [1.54, 1.807) is 28.6 Å². The third kappa shape index (κ3) is 4.03. The van der Waals surface area contributed by atoms with Crippen molar-refractivity contribution in [2.45, 2.75) is 31.7 Å². The monoisotopic (exact) mass is 312 g/mol. The average molecular weight is 312 g/mol. The van der Waals surface area contributed by atoms with E-state index in [0.717, 1.165) is 24.1 Å². The van der Waals surface area contributed by atoms with Gasteiger partial charge >= 0.3 is 0 Å². The molecule has 2 rings (SSSR count). The molecule has 1 aromatic rings. The van der Waals surface area contributed by atoms with E-state index in [2.05, 4.69) is 11.8 Å². The predicted molar refractivity (Wildman–Crippen MR) is 83.3 cm³/mol. The third-order valence-corrected chi connectivity index (χ3v) is 5.94. The van der Waals surface area contributed by atoms with Gasteiger partial charge < -0.3 is 10.0 Å². The number of sulfonamides is 1. The highest BCUT2D eigenvalue weighted by Crippen LogP contribution is 2.18. The van der Waals surface area contributed by atoms with Crippen LogP contribution in [0, 0.1) is 0 Å². The molecule has 6 heteroatoms. The molecule has 1 heterocycles. The first kappa shape index (κ1) is 16.4. The van der Waals surface area contributed by atoms with Gasteiger partial charge in [-0.05, 0) is 24.6 Å². The molecule has 0 bridgehead atoms. The van der Waals surface area contributed by atoms with Gasteiger partial charge in [0.05, 0.1) is 12.4 Å². The lowest BCUT2D eigenvalue weighted by Crippen LogP contribution is -2.53. The highest BCUT2D eigenvalue weighted by molar-refractivity contribution is 7.88. The average Bonchev–Trinajstić information content (AvgIpc) is 2.47. The summed E-state index contributed by atoms with van der Waals surface area (Å²) in [5, 5.41) is 9.14. The fourth-order valence-electron chi connectivity index (χ4n) is 2.73. The van der Waals surface area contributed by atoms with E-state index in [9.17, 15) is 8.42 Å². The van der Waals surface area contributed by atoms with Gasteiger partial charge in [0.15, 0.2) is 0 Å². The van der Waals surface area contributed by atoms with Crippen LogP contribution in [-0.2, 0) is 22.4 Å². The van der Waals surface area contributed by atoms with E-state index in [4.69, 9.17) is 5.11 Å². The number of aliphatic hydroxyl groups excluding tert-OH is 1. The quantitative estimate of drug-likeness (QED) is 0.882. The van der Waals surface area contributed by atoms with Gasteiger partial charge in [0.25, 0.3) is 0 Å². The summed E-state index contributed by atoms with van der Waals surface area (Å²) in [6.45, 7) is 3.90. The number of rotatable bonds is 5. The molecule has 0 amide bonds. The molecule has 1 N–H and O–H groups in total. The van der Waals surface area contributed by atoms with Gasteiger partial charge in [0.1, 0.15) is 0 Å². The number of aliphatic hydroxyl groups is 1. The van der Waals surface area contributed by atoms with E-state index < -0.39 is 10.0 Å². The Morgan fingerprint density at radius 2 is 2.00 bits per heavy atom. The second-order valence-corrected chi connectivity index (χ2v) is 7.60. The van der Waals surface area contributed by atoms with Gasteiger partial charge in [-0.15, -0.1) is 0 Å². The van der Waals surface area contributed by atoms with Crippen molar-refractivity contribution < 1.29 is 13.5 Å². The zero-order valence-corrected chi connectivity index (χ0v) is 13.5. The Bertz CT molecular complexity index is 574. The van der Waals surface area contributed by atoms with Crippen molar-refractivity contribution in [2.24, 2.45) is 0 Å². The van der Waals surface area contributed by atoms with Gasteiger partial charge in [-0.1, -0.05) is 31.2 Å². The molecule has 1 saturated heterocycles. The molecule has 1 aliphatic heterocycles. The predicted octanol–water partition coefficient (Wildman–Crippen LogP) is 1.03. The van der Waals surface area contributed by atoms with Crippen molar-refractivity contribution >= 4 is 10.0 Å². The van der Waals surface area contributed by atoms with E-state index in [0.29, 0.717) is 13.1 Å². The van der Waals surface area contributed by atoms with Gasteiger partial charge in [0, 0.05) is 25.7 Å². The molecule has 5 nitrogen and oxygen atoms in total. The van der Waals surface area contributed by atoms with Crippen LogP contribution in [0.2, 0.25) is 0 Å². The molecule has 1 aliphatic rings. The second-order valence-electron chi connectivity index (χ2n) is 5.63. The van der Waals surface area contributed by atoms with Crippen LogP contribution < -0.4 is 0 Å². The SMILES string of the molecule is CCC1CN(S(=O)(=O)Cc2cccc(CO)c2)CCN1C. The molecule has 0 spiro atoms. The molecule has 1 atom stereocenters. The highest BCUT2D eigenvalue weighted by atomic mass is 32.2. The summed E-state index contributed by atoms with van der Waals surface area (Å²) in [4.78, 5) is 2.22. The normalized spacial score (nSPS) is 21.6. The fraction of sp³-hybridized carbons (Fsp3) is 0.600. The number of nitrogens with zero attached hydrogens (tertiary/aromatic N) is 2. The largest absolute Gasteiger partial charge is 0.392 e. The second kappa shape index (κ2) is 6.87. The van der Waals surface area contributed by atoms with Crippen molar-refractivity contribution in [1.29, 1.82) is 0 Å². The maximum atomic E-state index is 12.6. The Hall–Kier alpha value is -0.950. The molecule has 0 aliphatic carbocycles.